The van der Waals surface area contributed by atoms with Gasteiger partial charge in [0.2, 0.25) is 0 Å². The molecular weight excluding hydrogens is 194 g/mol. The second-order valence-corrected chi connectivity index (χ2v) is 2.29. The number of hydrogen-bond donors (Lipinski definition) is 2. The van der Waals surface area contributed by atoms with Gasteiger partial charge in [0.05, 0.1) is 11.7 Å². The molecule has 0 aromatic carbocycles. The van der Waals surface area contributed by atoms with E-state index in [0.29, 0.717) is 10.1 Å². The van der Waals surface area contributed by atoms with Crippen molar-refractivity contribution in [3.63, 3.8) is 0 Å². The van der Waals surface area contributed by atoms with Gasteiger partial charge in [-0.3, -0.25) is 0 Å². The SMILES string of the molecule is Sc1nsnc1S.[NaH].[NaH]. The molecule has 0 bridgehead atoms. The van der Waals surface area contributed by atoms with Crippen LogP contribution in [-0.4, -0.2) is 67.9 Å². The first kappa shape index (κ1) is 13.8. The summed E-state index contributed by atoms with van der Waals surface area (Å²) in [6, 6.07) is 0. The van der Waals surface area contributed by atoms with Crippen molar-refractivity contribution in [2.24, 2.45) is 0 Å². The molecule has 0 unspecified atom stereocenters. The zero-order valence-electron chi connectivity index (χ0n) is 3.20. The first-order chi connectivity index (χ1) is 3.30. The van der Waals surface area contributed by atoms with Crippen molar-refractivity contribution in [1.29, 1.82) is 0 Å². The molecule has 0 atom stereocenters. The van der Waals surface area contributed by atoms with Crippen LogP contribution in [0.1, 0.15) is 0 Å². The maximum absolute atomic E-state index is 3.91. The van der Waals surface area contributed by atoms with Crippen LogP contribution in [0.25, 0.3) is 0 Å². The Morgan fingerprint density at radius 3 is 1.44 bits per heavy atom. The van der Waals surface area contributed by atoms with Gasteiger partial charge in [0.25, 0.3) is 0 Å². The Morgan fingerprint density at radius 2 is 1.33 bits per heavy atom. The number of hydrogen-bond acceptors (Lipinski definition) is 5. The Morgan fingerprint density at radius 1 is 1.00 bits per heavy atom. The summed E-state index contributed by atoms with van der Waals surface area (Å²) >= 11 is 8.93. The molecule has 1 rings (SSSR count). The molecule has 1 heterocycles. The molecule has 1 aromatic heterocycles. The Labute approximate surface area is 113 Å². The molecule has 0 fully saturated rings. The van der Waals surface area contributed by atoms with Crippen molar-refractivity contribution in [2.45, 2.75) is 10.1 Å². The topological polar surface area (TPSA) is 25.8 Å². The monoisotopic (exact) mass is 198 g/mol. The molecule has 0 aliphatic rings. The summed E-state index contributed by atoms with van der Waals surface area (Å²) in [5.41, 5.74) is 0. The molecule has 0 spiro atoms. The van der Waals surface area contributed by atoms with Crippen molar-refractivity contribution >= 4 is 96.1 Å². The number of thiol groups is 2. The normalized spacial score (nSPS) is 7.33. The average Bonchev–Trinajstić information content (AvgIpc) is 1.91. The van der Waals surface area contributed by atoms with Gasteiger partial charge in [-0.05, 0) is 0 Å². The van der Waals surface area contributed by atoms with Crippen LogP contribution in [0, 0.1) is 0 Å². The molecule has 0 saturated heterocycles. The van der Waals surface area contributed by atoms with E-state index in [2.05, 4.69) is 34.0 Å². The second kappa shape index (κ2) is 6.94. The second-order valence-electron chi connectivity index (χ2n) is 0.911. The Hall–Kier alpha value is 2.26. The molecule has 42 valence electrons. The molecule has 1 aromatic rings. The van der Waals surface area contributed by atoms with Crippen LogP contribution in [-0.2, 0) is 0 Å². The third kappa shape index (κ3) is 4.66. The van der Waals surface area contributed by atoms with Crippen LogP contribution in [0.5, 0.6) is 0 Å². The molecule has 0 amide bonds. The van der Waals surface area contributed by atoms with E-state index in [1.807, 2.05) is 0 Å². The summed E-state index contributed by atoms with van der Waals surface area (Å²) in [7, 11) is 0. The van der Waals surface area contributed by atoms with Gasteiger partial charge in [-0.1, -0.05) is 0 Å². The molecule has 9 heavy (non-hydrogen) atoms. The first-order valence-corrected chi connectivity index (χ1v) is 3.13. The quantitative estimate of drug-likeness (QED) is 0.447. The molecule has 7 heteroatoms. The fourth-order valence-electron chi connectivity index (χ4n) is 0.179. The van der Waals surface area contributed by atoms with Crippen molar-refractivity contribution < 1.29 is 0 Å². The van der Waals surface area contributed by atoms with Crippen LogP contribution in [0.15, 0.2) is 10.1 Å². The van der Waals surface area contributed by atoms with E-state index in [0.717, 1.165) is 11.7 Å². The van der Waals surface area contributed by atoms with Gasteiger partial charge < -0.3 is 0 Å². The minimum atomic E-state index is 0. The van der Waals surface area contributed by atoms with Crippen LogP contribution < -0.4 is 0 Å². The van der Waals surface area contributed by atoms with E-state index in [9.17, 15) is 0 Å². The average molecular weight is 198 g/mol. The third-order valence-electron chi connectivity index (χ3n) is 0.455. The molecular formula is C2H4N2Na2S3. The molecule has 0 radical (unpaired) electrons. The minimum absolute atomic E-state index is 0. The van der Waals surface area contributed by atoms with Gasteiger partial charge in [-0.15, -0.1) is 25.3 Å². The summed E-state index contributed by atoms with van der Waals surface area (Å²) in [6.45, 7) is 0. The molecule has 2 nitrogen and oxygen atoms in total. The van der Waals surface area contributed by atoms with Gasteiger partial charge in [0, 0.05) is 0 Å². The van der Waals surface area contributed by atoms with Crippen LogP contribution >= 0.6 is 37.0 Å². The zero-order chi connectivity index (χ0) is 5.28. The van der Waals surface area contributed by atoms with Crippen molar-refractivity contribution in [3.05, 3.63) is 0 Å². The van der Waals surface area contributed by atoms with Crippen molar-refractivity contribution in [3.8, 4) is 0 Å². The molecule has 0 aliphatic heterocycles. The van der Waals surface area contributed by atoms with Crippen LogP contribution in [0.2, 0.25) is 0 Å². The third-order valence-corrected chi connectivity index (χ3v) is 2.05. The summed E-state index contributed by atoms with van der Waals surface area (Å²) < 4.78 is 7.47. The molecule has 0 saturated carbocycles. The van der Waals surface area contributed by atoms with E-state index in [1.54, 1.807) is 0 Å². The van der Waals surface area contributed by atoms with Gasteiger partial charge in [0.15, 0.2) is 0 Å². The summed E-state index contributed by atoms with van der Waals surface area (Å²) in [5, 5.41) is 1.21. The number of aromatic nitrogens is 2. The number of rotatable bonds is 0. The molecule has 0 N–H and O–H groups in total. The van der Waals surface area contributed by atoms with E-state index < -0.39 is 0 Å². The van der Waals surface area contributed by atoms with Gasteiger partial charge in [-0.2, -0.15) is 8.75 Å². The summed E-state index contributed by atoms with van der Waals surface area (Å²) in [5.74, 6) is 0. The fourth-order valence-corrected chi connectivity index (χ4v) is 1.00. The Balaban J connectivity index is 0. The summed E-state index contributed by atoms with van der Waals surface area (Å²) in [4.78, 5) is 0. The van der Waals surface area contributed by atoms with E-state index >= 15 is 0 Å². The fraction of sp³-hybridized carbons (Fsp3) is 0. The van der Waals surface area contributed by atoms with Crippen LogP contribution in [0.3, 0.4) is 0 Å². The van der Waals surface area contributed by atoms with E-state index in [4.69, 9.17) is 0 Å². The standard InChI is InChI=1S/C2H2N2S3.2Na.2H/c5-1-2(6)4-7-3-1;;;;/h(H,3,5)(H,4,6);;;;. The predicted molar refractivity (Wildman–Crippen MR) is 48.7 cm³/mol. The van der Waals surface area contributed by atoms with E-state index in [-0.39, 0.29) is 59.1 Å². The Bertz CT molecular complexity index is 150. The first-order valence-electron chi connectivity index (χ1n) is 1.51. The number of nitrogens with zero attached hydrogens (tertiary/aromatic N) is 2. The van der Waals surface area contributed by atoms with Gasteiger partial charge in [-0.25, -0.2) is 0 Å². The van der Waals surface area contributed by atoms with Gasteiger partial charge in [0.1, 0.15) is 10.1 Å². The summed E-state index contributed by atoms with van der Waals surface area (Å²) in [6.07, 6.45) is 0. The van der Waals surface area contributed by atoms with Crippen LogP contribution in [0.4, 0.5) is 0 Å². The van der Waals surface area contributed by atoms with E-state index in [1.165, 1.54) is 0 Å². The zero-order valence-corrected chi connectivity index (χ0v) is 5.80. The van der Waals surface area contributed by atoms with Crippen molar-refractivity contribution in [1.82, 2.24) is 8.75 Å². The Kier molecular flexibility index (Phi) is 10.7. The van der Waals surface area contributed by atoms with Gasteiger partial charge >= 0.3 is 59.1 Å². The molecule has 0 aliphatic carbocycles. The maximum atomic E-state index is 3.91. The predicted octanol–water partition coefficient (Wildman–Crippen LogP) is -0.182. The van der Waals surface area contributed by atoms with Crippen molar-refractivity contribution in [2.75, 3.05) is 0 Å².